The van der Waals surface area contributed by atoms with Gasteiger partial charge >= 0.3 is 0 Å². The molecule has 1 aromatic heterocycles. The third-order valence-corrected chi connectivity index (χ3v) is 6.82. The van der Waals surface area contributed by atoms with E-state index in [2.05, 4.69) is 9.88 Å². The summed E-state index contributed by atoms with van der Waals surface area (Å²) >= 11 is 0. The van der Waals surface area contributed by atoms with Crippen LogP contribution in [-0.2, 0) is 11.8 Å². The third kappa shape index (κ3) is 4.17. The van der Waals surface area contributed by atoms with Gasteiger partial charge in [0.25, 0.3) is 5.56 Å². The number of piperazine rings is 1. The van der Waals surface area contributed by atoms with Crippen molar-refractivity contribution in [3.8, 4) is 0 Å². The Kier molecular flexibility index (Phi) is 5.74. The van der Waals surface area contributed by atoms with E-state index >= 15 is 0 Å². The normalized spacial score (nSPS) is 19.2. The molecule has 0 spiro atoms. The number of piperidine rings is 1. The smallest absolute Gasteiger partial charge is 0.293 e. The molecule has 1 atom stereocenters. The Bertz CT molecular complexity index is 1220. The van der Waals surface area contributed by atoms with Crippen LogP contribution in [0.25, 0.3) is 11.0 Å². The number of carbonyl (C=O) groups is 1. The van der Waals surface area contributed by atoms with Gasteiger partial charge < -0.3 is 19.3 Å². The van der Waals surface area contributed by atoms with Gasteiger partial charge in [0, 0.05) is 52.0 Å². The summed E-state index contributed by atoms with van der Waals surface area (Å²) in [5.74, 6) is 0.185. The van der Waals surface area contributed by atoms with Crippen LogP contribution in [-0.4, -0.2) is 59.6 Å². The lowest BCUT2D eigenvalue weighted by molar-refractivity contribution is -0.136. The van der Waals surface area contributed by atoms with Gasteiger partial charge in [-0.25, -0.2) is 9.37 Å². The standard InChI is InChI=1S/C25H28FN5O2/c1-28-22-7-3-2-6-21(22)27-23(25(28)33)31-12-4-5-18(17-31)24(32)30-15-13-29(14-16-30)20-10-8-19(26)9-11-20/h2-3,6-11,18H,4-5,12-17H2,1H3. The van der Waals surface area contributed by atoms with Crippen LogP contribution in [0.15, 0.2) is 53.3 Å². The minimum absolute atomic E-state index is 0.130. The molecule has 2 aromatic carbocycles. The highest BCUT2D eigenvalue weighted by Gasteiger charge is 2.32. The second kappa shape index (κ2) is 8.84. The topological polar surface area (TPSA) is 61.7 Å². The van der Waals surface area contributed by atoms with Crippen LogP contribution >= 0.6 is 0 Å². The minimum atomic E-state index is -0.245. The highest BCUT2D eigenvalue weighted by molar-refractivity contribution is 5.80. The van der Waals surface area contributed by atoms with Gasteiger partial charge in [0.05, 0.1) is 17.0 Å². The molecule has 0 saturated carbocycles. The van der Waals surface area contributed by atoms with Crippen LogP contribution in [0.5, 0.6) is 0 Å². The first kappa shape index (κ1) is 21.4. The summed E-state index contributed by atoms with van der Waals surface area (Å²) < 4.78 is 14.8. The minimum Gasteiger partial charge on any atom is -0.368 e. The maximum atomic E-state index is 13.3. The molecule has 3 heterocycles. The number of fused-ring (bicyclic) bond motifs is 1. The van der Waals surface area contributed by atoms with Crippen LogP contribution in [0, 0.1) is 11.7 Å². The van der Waals surface area contributed by atoms with Crippen LogP contribution in [0.3, 0.4) is 0 Å². The van der Waals surface area contributed by atoms with E-state index in [0.29, 0.717) is 25.5 Å². The first-order valence-electron chi connectivity index (χ1n) is 11.5. The summed E-state index contributed by atoms with van der Waals surface area (Å²) in [7, 11) is 1.77. The number of amides is 1. The van der Waals surface area contributed by atoms with Crippen LogP contribution < -0.4 is 15.4 Å². The number of aryl methyl sites for hydroxylation is 1. The molecule has 2 saturated heterocycles. The van der Waals surface area contributed by atoms with Gasteiger partial charge in [0.15, 0.2) is 5.82 Å². The zero-order valence-electron chi connectivity index (χ0n) is 18.8. The van der Waals surface area contributed by atoms with Gasteiger partial charge in [-0.2, -0.15) is 0 Å². The van der Waals surface area contributed by atoms with Crippen LogP contribution in [0.2, 0.25) is 0 Å². The molecule has 1 amide bonds. The number of nitrogens with zero attached hydrogens (tertiary/aromatic N) is 5. The van der Waals surface area contributed by atoms with Gasteiger partial charge in [0.2, 0.25) is 5.91 Å². The van der Waals surface area contributed by atoms with Gasteiger partial charge in [-0.3, -0.25) is 9.59 Å². The summed E-state index contributed by atoms with van der Waals surface area (Å²) in [5, 5.41) is 0. The maximum Gasteiger partial charge on any atom is 0.293 e. The molecular formula is C25H28FN5O2. The monoisotopic (exact) mass is 449 g/mol. The van der Waals surface area contributed by atoms with E-state index in [1.807, 2.05) is 34.1 Å². The first-order valence-corrected chi connectivity index (χ1v) is 11.5. The van der Waals surface area contributed by atoms with Gasteiger partial charge in [0.1, 0.15) is 5.82 Å². The number of benzene rings is 2. The van der Waals surface area contributed by atoms with Gasteiger partial charge in [-0.05, 0) is 49.2 Å². The Morgan fingerprint density at radius 3 is 2.45 bits per heavy atom. The molecule has 0 radical (unpaired) electrons. The van der Waals surface area contributed by atoms with Crippen molar-refractivity contribution < 1.29 is 9.18 Å². The number of anilines is 2. The van der Waals surface area contributed by atoms with E-state index in [-0.39, 0.29) is 23.2 Å². The van der Waals surface area contributed by atoms with Crippen LogP contribution in [0.1, 0.15) is 12.8 Å². The van der Waals surface area contributed by atoms with Crippen LogP contribution in [0.4, 0.5) is 15.9 Å². The lowest BCUT2D eigenvalue weighted by Gasteiger charge is -2.40. The SMILES string of the molecule is Cn1c(=O)c(N2CCCC(C(=O)N3CCN(c4ccc(F)cc4)CC3)C2)nc2ccccc21. The fourth-order valence-electron chi connectivity index (χ4n) is 4.94. The van der Waals surface area contributed by atoms with E-state index in [1.54, 1.807) is 23.7 Å². The fourth-order valence-corrected chi connectivity index (χ4v) is 4.94. The molecule has 8 heteroatoms. The van der Waals surface area contributed by atoms with Gasteiger partial charge in [-0.15, -0.1) is 0 Å². The predicted octanol–water partition coefficient (Wildman–Crippen LogP) is 2.64. The molecule has 3 aromatic rings. The van der Waals surface area contributed by atoms with Crippen molar-refractivity contribution in [1.82, 2.24) is 14.5 Å². The Morgan fingerprint density at radius 1 is 0.970 bits per heavy atom. The first-order chi connectivity index (χ1) is 16.0. The lowest BCUT2D eigenvalue weighted by atomic mass is 9.96. The lowest BCUT2D eigenvalue weighted by Crippen LogP contribution is -2.53. The third-order valence-electron chi connectivity index (χ3n) is 6.82. The van der Waals surface area contributed by atoms with Crippen molar-refractivity contribution in [2.75, 3.05) is 49.1 Å². The van der Waals surface area contributed by atoms with Crippen molar-refractivity contribution in [3.63, 3.8) is 0 Å². The summed E-state index contributed by atoms with van der Waals surface area (Å²) in [6, 6.07) is 14.1. The molecule has 2 fully saturated rings. The molecule has 0 bridgehead atoms. The number of hydrogen-bond acceptors (Lipinski definition) is 5. The molecular weight excluding hydrogens is 421 g/mol. The van der Waals surface area contributed by atoms with E-state index in [0.717, 1.165) is 49.2 Å². The number of para-hydroxylation sites is 2. The summed E-state index contributed by atoms with van der Waals surface area (Å²) in [6.45, 7) is 3.97. The molecule has 33 heavy (non-hydrogen) atoms. The van der Waals surface area contributed by atoms with E-state index in [9.17, 15) is 14.0 Å². The Balaban J connectivity index is 1.27. The number of aromatic nitrogens is 2. The van der Waals surface area contributed by atoms with Crippen molar-refractivity contribution in [3.05, 3.63) is 64.7 Å². The summed E-state index contributed by atoms with van der Waals surface area (Å²) in [4.78, 5) is 37.0. The predicted molar refractivity (Wildman–Crippen MR) is 127 cm³/mol. The molecule has 5 rings (SSSR count). The molecule has 172 valence electrons. The summed E-state index contributed by atoms with van der Waals surface area (Å²) in [6.07, 6.45) is 1.67. The van der Waals surface area contributed by atoms with E-state index < -0.39 is 0 Å². The van der Waals surface area contributed by atoms with E-state index in [4.69, 9.17) is 0 Å². The van der Waals surface area contributed by atoms with Gasteiger partial charge in [-0.1, -0.05) is 12.1 Å². The summed E-state index contributed by atoms with van der Waals surface area (Å²) in [5.41, 5.74) is 2.43. The Labute approximate surface area is 192 Å². The molecule has 2 aliphatic rings. The maximum absolute atomic E-state index is 13.3. The Hall–Kier alpha value is -3.42. The number of rotatable bonds is 3. The fraction of sp³-hybridized carbons (Fsp3) is 0.400. The average Bonchev–Trinajstić information content (AvgIpc) is 2.86. The average molecular weight is 450 g/mol. The second-order valence-electron chi connectivity index (χ2n) is 8.86. The van der Waals surface area contributed by atoms with Crippen molar-refractivity contribution >= 4 is 28.4 Å². The molecule has 0 N–H and O–H groups in total. The zero-order valence-corrected chi connectivity index (χ0v) is 18.8. The zero-order chi connectivity index (χ0) is 22.9. The molecule has 0 aliphatic carbocycles. The highest BCUT2D eigenvalue weighted by Crippen LogP contribution is 2.24. The van der Waals surface area contributed by atoms with E-state index in [1.165, 1.54) is 12.1 Å². The largest absolute Gasteiger partial charge is 0.368 e. The molecule has 2 aliphatic heterocycles. The number of hydrogen-bond donors (Lipinski definition) is 0. The Morgan fingerprint density at radius 2 is 1.70 bits per heavy atom. The molecule has 7 nitrogen and oxygen atoms in total. The highest BCUT2D eigenvalue weighted by atomic mass is 19.1. The number of carbonyl (C=O) groups excluding carboxylic acids is 1. The molecule has 1 unspecified atom stereocenters. The van der Waals surface area contributed by atoms with Crippen molar-refractivity contribution in [1.29, 1.82) is 0 Å². The second-order valence-corrected chi connectivity index (χ2v) is 8.86. The van der Waals surface area contributed by atoms with Crippen molar-refractivity contribution in [2.45, 2.75) is 12.8 Å². The quantitative estimate of drug-likeness (QED) is 0.615. The van der Waals surface area contributed by atoms with Crippen molar-refractivity contribution in [2.24, 2.45) is 13.0 Å². The number of halogens is 1.